The highest BCUT2D eigenvalue weighted by Gasteiger charge is 2.31. The van der Waals surface area contributed by atoms with Gasteiger partial charge in [-0.25, -0.2) is 14.8 Å². The molecule has 0 saturated heterocycles. The van der Waals surface area contributed by atoms with Crippen LogP contribution in [0, 0.1) is 0 Å². The number of carbonyl (C=O) groups excluding carboxylic acids is 1. The standard InChI is InChI=1S/C11H15N3O2/c1-11(4-3-5-11)14-9-7-12-8(6-13-9)10(15)16-2/h6-7H,3-5H2,1-2H3,(H,13,14). The fourth-order valence-electron chi connectivity index (χ4n) is 1.74. The van der Waals surface area contributed by atoms with Crippen LogP contribution < -0.4 is 5.32 Å². The first-order chi connectivity index (χ1) is 7.63. The number of hydrogen-bond acceptors (Lipinski definition) is 5. The van der Waals surface area contributed by atoms with Gasteiger partial charge in [0.25, 0.3) is 0 Å². The van der Waals surface area contributed by atoms with Gasteiger partial charge in [0.05, 0.1) is 19.5 Å². The lowest BCUT2D eigenvalue weighted by molar-refractivity contribution is 0.0593. The summed E-state index contributed by atoms with van der Waals surface area (Å²) in [4.78, 5) is 19.3. The van der Waals surface area contributed by atoms with E-state index in [1.54, 1.807) is 6.20 Å². The lowest BCUT2D eigenvalue weighted by Gasteiger charge is -2.39. The maximum absolute atomic E-state index is 11.1. The Labute approximate surface area is 94.2 Å². The van der Waals surface area contributed by atoms with Gasteiger partial charge in [-0.2, -0.15) is 0 Å². The Hall–Kier alpha value is -1.65. The van der Waals surface area contributed by atoms with Gasteiger partial charge < -0.3 is 10.1 Å². The smallest absolute Gasteiger partial charge is 0.358 e. The zero-order valence-corrected chi connectivity index (χ0v) is 9.49. The zero-order chi connectivity index (χ0) is 11.6. The van der Waals surface area contributed by atoms with E-state index in [9.17, 15) is 4.79 Å². The molecule has 5 nitrogen and oxygen atoms in total. The van der Waals surface area contributed by atoms with Crippen LogP contribution in [0.3, 0.4) is 0 Å². The second kappa shape index (κ2) is 4.08. The summed E-state index contributed by atoms with van der Waals surface area (Å²) < 4.78 is 4.55. The highest BCUT2D eigenvalue weighted by Crippen LogP contribution is 2.33. The summed E-state index contributed by atoms with van der Waals surface area (Å²) in [6.07, 6.45) is 6.53. The van der Waals surface area contributed by atoms with Crippen molar-refractivity contribution in [3.8, 4) is 0 Å². The van der Waals surface area contributed by atoms with E-state index in [-0.39, 0.29) is 11.2 Å². The highest BCUT2D eigenvalue weighted by molar-refractivity contribution is 5.86. The maximum atomic E-state index is 11.1. The van der Waals surface area contributed by atoms with E-state index in [0.29, 0.717) is 5.82 Å². The third kappa shape index (κ3) is 2.13. The van der Waals surface area contributed by atoms with E-state index >= 15 is 0 Å². The molecule has 1 aliphatic carbocycles. The largest absolute Gasteiger partial charge is 0.464 e. The van der Waals surface area contributed by atoms with Gasteiger partial charge in [0.15, 0.2) is 5.69 Å². The topological polar surface area (TPSA) is 64.1 Å². The Kier molecular flexibility index (Phi) is 2.77. The van der Waals surface area contributed by atoms with Gasteiger partial charge in [0, 0.05) is 5.54 Å². The normalized spacial score (nSPS) is 17.4. The molecule has 0 aliphatic heterocycles. The molecule has 1 fully saturated rings. The minimum atomic E-state index is -0.464. The number of nitrogens with zero attached hydrogens (tertiary/aromatic N) is 2. The average molecular weight is 221 g/mol. The summed E-state index contributed by atoms with van der Waals surface area (Å²) in [5.41, 5.74) is 0.369. The number of hydrogen-bond donors (Lipinski definition) is 1. The molecule has 0 unspecified atom stereocenters. The molecular formula is C11H15N3O2. The number of anilines is 1. The molecule has 1 saturated carbocycles. The van der Waals surface area contributed by atoms with Crippen LogP contribution in [-0.4, -0.2) is 28.6 Å². The number of esters is 1. The first-order valence-electron chi connectivity index (χ1n) is 5.31. The zero-order valence-electron chi connectivity index (χ0n) is 9.49. The van der Waals surface area contributed by atoms with Crippen LogP contribution in [0.1, 0.15) is 36.7 Å². The molecule has 1 aromatic heterocycles. The SMILES string of the molecule is COC(=O)c1cnc(NC2(C)CCC2)cn1. The van der Waals surface area contributed by atoms with E-state index in [4.69, 9.17) is 0 Å². The van der Waals surface area contributed by atoms with Crippen molar-refractivity contribution in [3.63, 3.8) is 0 Å². The monoisotopic (exact) mass is 221 g/mol. The number of nitrogens with one attached hydrogen (secondary N) is 1. The Morgan fingerprint density at radius 1 is 1.44 bits per heavy atom. The predicted octanol–water partition coefficient (Wildman–Crippen LogP) is 1.62. The molecule has 0 radical (unpaired) electrons. The maximum Gasteiger partial charge on any atom is 0.358 e. The number of ether oxygens (including phenoxy) is 1. The molecule has 1 aliphatic rings. The molecule has 1 aromatic rings. The van der Waals surface area contributed by atoms with Crippen molar-refractivity contribution in [2.24, 2.45) is 0 Å². The molecule has 1 N–H and O–H groups in total. The minimum absolute atomic E-state index is 0.140. The number of carbonyl (C=O) groups is 1. The van der Waals surface area contributed by atoms with Crippen LogP contribution in [0.5, 0.6) is 0 Å². The molecule has 5 heteroatoms. The number of rotatable bonds is 3. The van der Waals surface area contributed by atoms with E-state index in [2.05, 4.69) is 26.9 Å². The van der Waals surface area contributed by atoms with Crippen molar-refractivity contribution in [3.05, 3.63) is 18.1 Å². The van der Waals surface area contributed by atoms with Crippen molar-refractivity contribution >= 4 is 11.8 Å². The summed E-state index contributed by atoms with van der Waals surface area (Å²) in [6.45, 7) is 2.16. The molecule has 0 bridgehead atoms. The van der Waals surface area contributed by atoms with Gasteiger partial charge in [-0.05, 0) is 26.2 Å². The first kappa shape index (κ1) is 10.9. The van der Waals surface area contributed by atoms with Crippen molar-refractivity contribution in [2.75, 3.05) is 12.4 Å². The summed E-state index contributed by atoms with van der Waals surface area (Å²) in [7, 11) is 1.32. The van der Waals surface area contributed by atoms with Crippen molar-refractivity contribution < 1.29 is 9.53 Å². The quantitative estimate of drug-likeness (QED) is 0.786. The van der Waals surface area contributed by atoms with Crippen LogP contribution in [0.15, 0.2) is 12.4 Å². The molecule has 0 spiro atoms. The molecule has 1 heterocycles. The summed E-state index contributed by atoms with van der Waals surface area (Å²) in [5, 5.41) is 3.31. The third-order valence-corrected chi connectivity index (χ3v) is 2.93. The molecule has 0 aromatic carbocycles. The Bertz CT molecular complexity index is 385. The van der Waals surface area contributed by atoms with Crippen molar-refractivity contribution in [1.82, 2.24) is 9.97 Å². The fraction of sp³-hybridized carbons (Fsp3) is 0.545. The van der Waals surface area contributed by atoms with Crippen molar-refractivity contribution in [2.45, 2.75) is 31.7 Å². The van der Waals surface area contributed by atoms with Crippen LogP contribution in [0.4, 0.5) is 5.82 Å². The van der Waals surface area contributed by atoms with Crippen molar-refractivity contribution in [1.29, 1.82) is 0 Å². The van der Waals surface area contributed by atoms with Gasteiger partial charge in [-0.15, -0.1) is 0 Å². The van der Waals surface area contributed by atoms with E-state index < -0.39 is 5.97 Å². The number of methoxy groups -OCH3 is 1. The molecule has 0 atom stereocenters. The predicted molar refractivity (Wildman–Crippen MR) is 59.3 cm³/mol. The fourth-order valence-corrected chi connectivity index (χ4v) is 1.74. The summed E-state index contributed by atoms with van der Waals surface area (Å²) in [6, 6.07) is 0. The second-order valence-electron chi connectivity index (χ2n) is 4.32. The van der Waals surface area contributed by atoms with Gasteiger partial charge >= 0.3 is 5.97 Å². The van der Waals surface area contributed by atoms with E-state index in [1.807, 2.05) is 0 Å². The third-order valence-electron chi connectivity index (χ3n) is 2.93. The Morgan fingerprint density at radius 3 is 2.62 bits per heavy atom. The van der Waals surface area contributed by atoms with E-state index in [0.717, 1.165) is 12.8 Å². The summed E-state index contributed by atoms with van der Waals surface area (Å²) >= 11 is 0. The molecular weight excluding hydrogens is 206 g/mol. The lowest BCUT2D eigenvalue weighted by atomic mass is 9.78. The van der Waals surface area contributed by atoms with Gasteiger partial charge in [-0.1, -0.05) is 0 Å². The Balaban J connectivity index is 2.04. The minimum Gasteiger partial charge on any atom is -0.464 e. The molecule has 16 heavy (non-hydrogen) atoms. The summed E-state index contributed by atoms with van der Waals surface area (Å²) in [5.74, 6) is 0.240. The van der Waals surface area contributed by atoms with Crippen LogP contribution >= 0.6 is 0 Å². The van der Waals surface area contributed by atoms with Gasteiger partial charge in [0.2, 0.25) is 0 Å². The molecule has 2 rings (SSSR count). The van der Waals surface area contributed by atoms with Crippen LogP contribution in [0.25, 0.3) is 0 Å². The van der Waals surface area contributed by atoms with Crippen LogP contribution in [-0.2, 0) is 4.74 Å². The highest BCUT2D eigenvalue weighted by atomic mass is 16.5. The van der Waals surface area contributed by atoms with Crippen LogP contribution in [0.2, 0.25) is 0 Å². The lowest BCUT2D eigenvalue weighted by Crippen LogP contribution is -2.41. The van der Waals surface area contributed by atoms with Gasteiger partial charge in [-0.3, -0.25) is 0 Å². The van der Waals surface area contributed by atoms with Gasteiger partial charge in [0.1, 0.15) is 5.82 Å². The number of aromatic nitrogens is 2. The average Bonchev–Trinajstić information content (AvgIpc) is 2.27. The second-order valence-corrected chi connectivity index (χ2v) is 4.32. The van der Waals surface area contributed by atoms with E-state index in [1.165, 1.54) is 19.7 Å². The Morgan fingerprint density at radius 2 is 2.19 bits per heavy atom. The molecule has 0 amide bonds. The molecule has 86 valence electrons. The first-order valence-corrected chi connectivity index (χ1v) is 5.31.